The van der Waals surface area contributed by atoms with Gasteiger partial charge in [-0.15, -0.1) is 11.3 Å². The highest BCUT2D eigenvalue weighted by Crippen LogP contribution is 2.26. The number of thiophene rings is 1. The molecule has 0 aliphatic heterocycles. The molecule has 2 rings (SSSR count). The van der Waals surface area contributed by atoms with E-state index in [0.717, 1.165) is 10.4 Å². The van der Waals surface area contributed by atoms with E-state index < -0.39 is 0 Å². The maximum Gasteiger partial charge on any atom is 0.236 e. The minimum atomic E-state index is -0.342. The van der Waals surface area contributed by atoms with Crippen LogP contribution in [0.15, 0.2) is 41.8 Å². The molecule has 7 heteroatoms. The lowest BCUT2D eigenvalue weighted by Gasteiger charge is -2.22. The van der Waals surface area contributed by atoms with Crippen molar-refractivity contribution in [1.82, 2.24) is 15.1 Å². The SMILES string of the molecule is CN(CC(=O)N[C@@H](c1ccc(F)cc1)c1cccs1)CC(=O)N(C)C. The van der Waals surface area contributed by atoms with Gasteiger partial charge in [0.05, 0.1) is 19.1 Å². The monoisotopic (exact) mass is 363 g/mol. The smallest absolute Gasteiger partial charge is 0.236 e. The summed E-state index contributed by atoms with van der Waals surface area (Å²) in [5, 5.41) is 4.90. The molecule has 2 amide bonds. The molecule has 1 atom stereocenters. The van der Waals surface area contributed by atoms with Gasteiger partial charge in [-0.2, -0.15) is 0 Å². The first-order chi connectivity index (χ1) is 11.9. The van der Waals surface area contributed by atoms with Gasteiger partial charge in [-0.3, -0.25) is 14.5 Å². The van der Waals surface area contributed by atoms with Crippen LogP contribution in [0.2, 0.25) is 0 Å². The number of halogens is 1. The third kappa shape index (κ3) is 5.65. The molecule has 1 aromatic heterocycles. The molecular weight excluding hydrogens is 341 g/mol. The summed E-state index contributed by atoms with van der Waals surface area (Å²) in [6, 6.07) is 9.58. The Morgan fingerprint density at radius 2 is 1.80 bits per heavy atom. The first-order valence-corrected chi connectivity index (χ1v) is 8.71. The Balaban J connectivity index is 2.05. The van der Waals surface area contributed by atoms with Crippen molar-refractivity contribution in [2.45, 2.75) is 6.04 Å². The number of carbonyl (C=O) groups excluding carboxylic acids is 2. The highest BCUT2D eigenvalue weighted by Gasteiger charge is 2.19. The molecule has 0 radical (unpaired) electrons. The minimum Gasteiger partial charge on any atom is -0.348 e. The lowest BCUT2D eigenvalue weighted by atomic mass is 10.1. The highest BCUT2D eigenvalue weighted by atomic mass is 32.1. The zero-order valence-corrected chi connectivity index (χ0v) is 15.3. The Labute approximate surface area is 151 Å². The zero-order valence-electron chi connectivity index (χ0n) is 14.5. The molecule has 25 heavy (non-hydrogen) atoms. The first-order valence-electron chi connectivity index (χ1n) is 7.83. The second-order valence-electron chi connectivity index (χ2n) is 6.03. The minimum absolute atomic E-state index is 0.0661. The number of hydrogen-bond acceptors (Lipinski definition) is 4. The van der Waals surface area contributed by atoms with Crippen LogP contribution in [0.3, 0.4) is 0 Å². The van der Waals surface area contributed by atoms with Crippen molar-refractivity contribution in [1.29, 1.82) is 0 Å². The number of benzene rings is 1. The summed E-state index contributed by atoms with van der Waals surface area (Å²) in [5.41, 5.74) is 0.809. The van der Waals surface area contributed by atoms with Crippen molar-refractivity contribution in [2.75, 3.05) is 34.2 Å². The fraction of sp³-hybridized carbons (Fsp3) is 0.333. The number of carbonyl (C=O) groups is 2. The van der Waals surface area contributed by atoms with E-state index in [1.54, 1.807) is 38.2 Å². The Hall–Kier alpha value is -2.25. The van der Waals surface area contributed by atoms with Crippen LogP contribution in [-0.4, -0.2) is 55.8 Å². The molecule has 5 nitrogen and oxygen atoms in total. The van der Waals surface area contributed by atoms with Crippen LogP contribution in [0, 0.1) is 5.82 Å². The zero-order chi connectivity index (χ0) is 18.4. The lowest BCUT2D eigenvalue weighted by Crippen LogP contribution is -2.41. The van der Waals surface area contributed by atoms with Crippen LogP contribution in [0.1, 0.15) is 16.5 Å². The normalized spacial score (nSPS) is 12.0. The molecule has 0 saturated heterocycles. The molecule has 1 N–H and O–H groups in total. The van der Waals surface area contributed by atoms with Crippen molar-refractivity contribution in [3.63, 3.8) is 0 Å². The Morgan fingerprint density at radius 3 is 2.36 bits per heavy atom. The molecule has 0 bridgehead atoms. The molecule has 0 unspecified atom stereocenters. The van der Waals surface area contributed by atoms with Gasteiger partial charge >= 0.3 is 0 Å². The average Bonchev–Trinajstić information content (AvgIpc) is 3.07. The summed E-state index contributed by atoms with van der Waals surface area (Å²) in [6.07, 6.45) is 0. The Bertz CT molecular complexity index is 702. The van der Waals surface area contributed by atoms with E-state index in [0.29, 0.717) is 0 Å². The summed E-state index contributed by atoms with van der Waals surface area (Å²) < 4.78 is 13.2. The largest absolute Gasteiger partial charge is 0.348 e. The highest BCUT2D eigenvalue weighted by molar-refractivity contribution is 7.10. The van der Waals surface area contributed by atoms with Gasteiger partial charge in [0.2, 0.25) is 11.8 Å². The average molecular weight is 363 g/mol. The summed E-state index contributed by atoms with van der Waals surface area (Å²) in [6.45, 7) is 0.267. The fourth-order valence-corrected chi connectivity index (χ4v) is 3.11. The Kier molecular flexibility index (Phi) is 6.66. The van der Waals surface area contributed by atoms with E-state index in [9.17, 15) is 14.0 Å². The van der Waals surface area contributed by atoms with Crippen LogP contribution >= 0.6 is 11.3 Å². The maximum atomic E-state index is 13.2. The Morgan fingerprint density at radius 1 is 1.12 bits per heavy atom. The predicted octanol–water partition coefficient (Wildman–Crippen LogP) is 2.11. The molecule has 0 fully saturated rings. The molecular formula is C18H22FN3O2S. The molecule has 1 aromatic carbocycles. The van der Waals surface area contributed by atoms with Crippen LogP contribution in [0.5, 0.6) is 0 Å². The van der Waals surface area contributed by atoms with Crippen LogP contribution in [0.25, 0.3) is 0 Å². The van der Waals surface area contributed by atoms with Crippen molar-refractivity contribution in [3.05, 3.63) is 58.0 Å². The molecule has 0 saturated carbocycles. The number of likely N-dealkylation sites (N-methyl/N-ethyl adjacent to an activating group) is 2. The predicted molar refractivity (Wildman–Crippen MR) is 96.9 cm³/mol. The van der Waals surface area contributed by atoms with Crippen molar-refractivity contribution >= 4 is 23.2 Å². The summed E-state index contributed by atoms with van der Waals surface area (Å²) >= 11 is 1.52. The van der Waals surface area contributed by atoms with Gasteiger partial charge in [-0.1, -0.05) is 18.2 Å². The van der Waals surface area contributed by atoms with Gasteiger partial charge in [-0.25, -0.2) is 4.39 Å². The molecule has 0 aliphatic rings. The van der Waals surface area contributed by atoms with Crippen molar-refractivity contribution < 1.29 is 14.0 Å². The van der Waals surface area contributed by atoms with Gasteiger partial charge in [0, 0.05) is 19.0 Å². The fourth-order valence-electron chi connectivity index (χ4n) is 2.31. The van der Waals surface area contributed by atoms with E-state index in [2.05, 4.69) is 5.32 Å². The standard InChI is InChI=1S/C18H22FN3O2S/c1-21(2)17(24)12-22(3)11-16(23)20-18(15-5-4-10-25-15)13-6-8-14(19)9-7-13/h4-10,18H,11-12H2,1-3H3,(H,20,23)/t18-/m0/s1. The van der Waals surface area contributed by atoms with Gasteiger partial charge in [0.1, 0.15) is 5.82 Å². The summed E-state index contributed by atoms with van der Waals surface area (Å²) in [7, 11) is 5.08. The van der Waals surface area contributed by atoms with Gasteiger partial charge in [0.15, 0.2) is 0 Å². The van der Waals surface area contributed by atoms with E-state index in [-0.39, 0.29) is 36.8 Å². The third-order valence-electron chi connectivity index (χ3n) is 3.65. The maximum absolute atomic E-state index is 13.2. The molecule has 0 aliphatic carbocycles. The van der Waals surface area contributed by atoms with Crippen LogP contribution in [-0.2, 0) is 9.59 Å². The number of hydrogen-bond donors (Lipinski definition) is 1. The summed E-state index contributed by atoms with van der Waals surface area (Å²) in [5.74, 6) is -0.581. The van der Waals surface area contributed by atoms with Gasteiger partial charge < -0.3 is 10.2 Å². The number of rotatable bonds is 7. The van der Waals surface area contributed by atoms with Crippen LogP contribution < -0.4 is 5.32 Å². The van der Waals surface area contributed by atoms with E-state index in [4.69, 9.17) is 0 Å². The molecule has 134 valence electrons. The number of amides is 2. The van der Waals surface area contributed by atoms with E-state index >= 15 is 0 Å². The molecule has 0 spiro atoms. The second-order valence-corrected chi connectivity index (χ2v) is 7.01. The van der Waals surface area contributed by atoms with Gasteiger partial charge in [0.25, 0.3) is 0 Å². The number of nitrogens with one attached hydrogen (secondary N) is 1. The first kappa shape index (κ1) is 19.1. The lowest BCUT2D eigenvalue weighted by molar-refractivity contribution is -0.130. The van der Waals surface area contributed by atoms with Crippen molar-refractivity contribution in [2.24, 2.45) is 0 Å². The van der Waals surface area contributed by atoms with Crippen molar-refractivity contribution in [3.8, 4) is 0 Å². The third-order valence-corrected chi connectivity index (χ3v) is 4.59. The second kappa shape index (κ2) is 8.73. The quantitative estimate of drug-likeness (QED) is 0.820. The van der Waals surface area contributed by atoms with E-state index in [1.807, 2.05) is 17.5 Å². The van der Waals surface area contributed by atoms with E-state index in [1.165, 1.54) is 28.4 Å². The topological polar surface area (TPSA) is 52.7 Å². The molecule has 2 aromatic rings. The van der Waals surface area contributed by atoms with Crippen LogP contribution in [0.4, 0.5) is 4.39 Å². The molecule has 1 heterocycles. The number of nitrogens with zero attached hydrogens (tertiary/aromatic N) is 2. The summed E-state index contributed by atoms with van der Waals surface area (Å²) in [4.78, 5) is 28.2. The van der Waals surface area contributed by atoms with Gasteiger partial charge in [-0.05, 0) is 36.2 Å².